The van der Waals surface area contributed by atoms with Crippen LogP contribution in [0.4, 0.5) is 5.69 Å². The number of nitrogen functional groups attached to an aromatic ring is 1. The molecule has 0 bridgehead atoms. The van der Waals surface area contributed by atoms with Crippen LogP contribution in [-0.4, -0.2) is 11.1 Å². The Kier molecular flexibility index (Phi) is 2.60. The van der Waals surface area contributed by atoms with Crippen molar-refractivity contribution in [2.75, 3.05) is 5.73 Å². The molecule has 1 rings (SSSR count). The maximum Gasteiger partial charge on any atom is 0.307 e. The van der Waals surface area contributed by atoms with Gasteiger partial charge in [-0.3, -0.25) is 4.79 Å². The molecule has 0 aliphatic carbocycles. The molecule has 0 saturated carbocycles. The minimum atomic E-state index is -0.900. The van der Waals surface area contributed by atoms with E-state index in [1.165, 1.54) is 0 Å². The van der Waals surface area contributed by atoms with E-state index < -0.39 is 5.97 Å². The number of hydrogen-bond acceptors (Lipinski definition) is 3. The van der Waals surface area contributed by atoms with E-state index in [1.54, 1.807) is 18.2 Å². The molecule has 0 aliphatic rings. The number of carboxylic acids is 1. The number of rotatable bonds is 2. The summed E-state index contributed by atoms with van der Waals surface area (Å²) < 4.78 is 0. The first-order valence-electron chi connectivity index (χ1n) is 3.39. The van der Waals surface area contributed by atoms with E-state index in [0.29, 0.717) is 16.1 Å². The largest absolute Gasteiger partial charge is 0.481 e. The van der Waals surface area contributed by atoms with Gasteiger partial charge in [0.05, 0.1) is 6.42 Å². The highest BCUT2D eigenvalue weighted by atomic mass is 32.1. The molecule has 0 atom stereocenters. The van der Waals surface area contributed by atoms with Gasteiger partial charge in [0.25, 0.3) is 0 Å². The third kappa shape index (κ3) is 1.92. The number of carbonyl (C=O) groups is 1. The van der Waals surface area contributed by atoms with Crippen LogP contribution in [0, 0.1) is 0 Å². The standard InChI is InChI=1S/C8H9NO2S/c9-6-2-1-3-7(12)5(6)4-8(10)11/h1-3,12H,4,9H2,(H,10,11). The van der Waals surface area contributed by atoms with Gasteiger partial charge >= 0.3 is 5.97 Å². The minimum Gasteiger partial charge on any atom is -0.481 e. The van der Waals surface area contributed by atoms with Crippen LogP contribution in [0.5, 0.6) is 0 Å². The first kappa shape index (κ1) is 8.93. The van der Waals surface area contributed by atoms with E-state index in [9.17, 15) is 4.79 Å². The van der Waals surface area contributed by atoms with Crippen LogP contribution in [0.1, 0.15) is 5.56 Å². The summed E-state index contributed by atoms with van der Waals surface area (Å²) in [6.07, 6.45) is -0.0779. The molecule has 0 spiro atoms. The summed E-state index contributed by atoms with van der Waals surface area (Å²) in [5, 5.41) is 8.53. The second-order valence-corrected chi connectivity index (χ2v) is 2.90. The Hall–Kier alpha value is -1.16. The smallest absolute Gasteiger partial charge is 0.307 e. The Bertz CT molecular complexity index is 292. The predicted molar refractivity (Wildman–Crippen MR) is 49.4 cm³/mol. The second kappa shape index (κ2) is 3.49. The maximum absolute atomic E-state index is 10.4. The summed E-state index contributed by atoms with van der Waals surface area (Å²) in [5.74, 6) is -0.900. The normalized spacial score (nSPS) is 9.75. The molecular weight excluding hydrogens is 174 g/mol. The van der Waals surface area contributed by atoms with Crippen molar-refractivity contribution in [1.82, 2.24) is 0 Å². The highest BCUT2D eigenvalue weighted by Crippen LogP contribution is 2.20. The van der Waals surface area contributed by atoms with Crippen LogP contribution < -0.4 is 5.73 Å². The predicted octanol–water partition coefficient (Wildman–Crippen LogP) is 1.18. The summed E-state index contributed by atoms with van der Waals surface area (Å²) in [4.78, 5) is 11.0. The third-order valence-corrected chi connectivity index (χ3v) is 1.93. The molecule has 1 aromatic rings. The Balaban J connectivity index is 3.04. The van der Waals surface area contributed by atoms with Crippen molar-refractivity contribution < 1.29 is 9.90 Å². The number of carboxylic acid groups (broad SMARTS) is 1. The molecule has 0 unspecified atom stereocenters. The van der Waals surface area contributed by atoms with Crippen molar-refractivity contribution in [3.63, 3.8) is 0 Å². The van der Waals surface area contributed by atoms with Gasteiger partial charge < -0.3 is 10.8 Å². The van der Waals surface area contributed by atoms with Gasteiger partial charge in [0, 0.05) is 10.6 Å². The van der Waals surface area contributed by atoms with Gasteiger partial charge in [0.15, 0.2) is 0 Å². The van der Waals surface area contributed by atoms with Gasteiger partial charge in [-0.2, -0.15) is 0 Å². The van der Waals surface area contributed by atoms with Gasteiger partial charge in [-0.15, -0.1) is 12.6 Å². The van der Waals surface area contributed by atoms with E-state index in [1.807, 2.05) is 0 Å². The fourth-order valence-corrected chi connectivity index (χ4v) is 1.23. The van der Waals surface area contributed by atoms with Crippen LogP contribution in [-0.2, 0) is 11.2 Å². The summed E-state index contributed by atoms with van der Waals surface area (Å²) in [7, 11) is 0. The first-order chi connectivity index (χ1) is 5.61. The number of hydrogen-bond donors (Lipinski definition) is 3. The highest BCUT2D eigenvalue weighted by Gasteiger charge is 2.07. The molecule has 0 aliphatic heterocycles. The van der Waals surface area contributed by atoms with E-state index >= 15 is 0 Å². The van der Waals surface area contributed by atoms with Crippen molar-refractivity contribution in [3.05, 3.63) is 23.8 Å². The molecule has 0 fully saturated rings. The average molecular weight is 183 g/mol. The molecule has 12 heavy (non-hydrogen) atoms. The molecule has 0 saturated heterocycles. The quantitative estimate of drug-likeness (QED) is 0.476. The molecule has 0 aromatic heterocycles. The number of benzene rings is 1. The first-order valence-corrected chi connectivity index (χ1v) is 3.84. The second-order valence-electron chi connectivity index (χ2n) is 2.42. The number of thiol groups is 1. The Morgan fingerprint density at radius 1 is 1.58 bits per heavy atom. The molecule has 4 heteroatoms. The topological polar surface area (TPSA) is 63.3 Å². The molecular formula is C8H9NO2S. The van der Waals surface area contributed by atoms with Crippen LogP contribution in [0.25, 0.3) is 0 Å². The lowest BCUT2D eigenvalue weighted by molar-refractivity contribution is -0.136. The molecule has 3 nitrogen and oxygen atoms in total. The summed E-state index contributed by atoms with van der Waals surface area (Å²) in [6, 6.07) is 5.12. The zero-order chi connectivity index (χ0) is 9.14. The molecule has 0 amide bonds. The molecule has 0 radical (unpaired) electrons. The third-order valence-electron chi connectivity index (χ3n) is 1.52. The van der Waals surface area contributed by atoms with Gasteiger partial charge in [-0.25, -0.2) is 0 Å². The molecule has 64 valence electrons. The Morgan fingerprint density at radius 3 is 2.75 bits per heavy atom. The van der Waals surface area contributed by atoms with Crippen LogP contribution in [0.2, 0.25) is 0 Å². The van der Waals surface area contributed by atoms with Crippen molar-refractivity contribution in [2.24, 2.45) is 0 Å². The van der Waals surface area contributed by atoms with E-state index in [-0.39, 0.29) is 6.42 Å². The number of anilines is 1. The van der Waals surface area contributed by atoms with Gasteiger partial charge in [0.1, 0.15) is 0 Å². The van der Waals surface area contributed by atoms with Gasteiger partial charge in [-0.05, 0) is 17.7 Å². The summed E-state index contributed by atoms with van der Waals surface area (Å²) in [5.41, 5.74) is 6.61. The summed E-state index contributed by atoms with van der Waals surface area (Å²) >= 11 is 4.10. The molecule has 1 aromatic carbocycles. The van der Waals surface area contributed by atoms with Gasteiger partial charge in [-0.1, -0.05) is 6.07 Å². The zero-order valence-corrected chi connectivity index (χ0v) is 7.21. The fraction of sp³-hybridized carbons (Fsp3) is 0.125. The highest BCUT2D eigenvalue weighted by molar-refractivity contribution is 7.80. The number of nitrogens with two attached hydrogens (primary N) is 1. The van der Waals surface area contributed by atoms with Crippen molar-refractivity contribution in [2.45, 2.75) is 11.3 Å². The van der Waals surface area contributed by atoms with Crippen molar-refractivity contribution >= 4 is 24.3 Å². The average Bonchev–Trinajstić information content (AvgIpc) is 1.97. The van der Waals surface area contributed by atoms with Gasteiger partial charge in [0.2, 0.25) is 0 Å². The monoisotopic (exact) mass is 183 g/mol. The lowest BCUT2D eigenvalue weighted by Gasteiger charge is -2.04. The van der Waals surface area contributed by atoms with E-state index in [2.05, 4.69) is 12.6 Å². The van der Waals surface area contributed by atoms with Crippen molar-refractivity contribution in [1.29, 1.82) is 0 Å². The van der Waals surface area contributed by atoms with Crippen molar-refractivity contribution in [3.8, 4) is 0 Å². The van der Waals surface area contributed by atoms with E-state index in [4.69, 9.17) is 10.8 Å². The van der Waals surface area contributed by atoms with Crippen LogP contribution >= 0.6 is 12.6 Å². The van der Waals surface area contributed by atoms with E-state index in [0.717, 1.165) is 0 Å². The zero-order valence-electron chi connectivity index (χ0n) is 6.32. The lowest BCUT2D eigenvalue weighted by atomic mass is 10.1. The van der Waals surface area contributed by atoms with Crippen LogP contribution in [0.15, 0.2) is 23.1 Å². The molecule has 0 heterocycles. The fourth-order valence-electron chi connectivity index (χ4n) is 0.936. The number of aliphatic carboxylic acids is 1. The Morgan fingerprint density at radius 2 is 2.25 bits per heavy atom. The minimum absolute atomic E-state index is 0.0779. The maximum atomic E-state index is 10.4. The molecule has 3 N–H and O–H groups in total. The lowest BCUT2D eigenvalue weighted by Crippen LogP contribution is -2.04. The van der Waals surface area contributed by atoms with Crippen LogP contribution in [0.3, 0.4) is 0 Å². The Labute approximate surface area is 75.6 Å². The SMILES string of the molecule is Nc1cccc(S)c1CC(=O)O. The summed E-state index contributed by atoms with van der Waals surface area (Å²) in [6.45, 7) is 0.